The van der Waals surface area contributed by atoms with E-state index in [-0.39, 0.29) is 18.2 Å². The summed E-state index contributed by atoms with van der Waals surface area (Å²) in [6.07, 6.45) is 0. The molecule has 0 radical (unpaired) electrons. The lowest BCUT2D eigenvalue weighted by Gasteiger charge is -2.09. The fourth-order valence-electron chi connectivity index (χ4n) is 1.67. The molecular formula is C15H15FN2O2. The summed E-state index contributed by atoms with van der Waals surface area (Å²) in [6.45, 7) is 0.250. The Hall–Kier alpha value is -2.56. The summed E-state index contributed by atoms with van der Waals surface area (Å²) in [6, 6.07) is 11.5. The second-order valence-electron chi connectivity index (χ2n) is 4.20. The van der Waals surface area contributed by atoms with Crippen molar-refractivity contribution in [3.8, 4) is 11.5 Å². The summed E-state index contributed by atoms with van der Waals surface area (Å²) in [5, 5.41) is 7.24. The van der Waals surface area contributed by atoms with E-state index in [4.69, 9.17) is 20.6 Å². The molecule has 4 nitrogen and oxygen atoms in total. The second kappa shape index (κ2) is 6.06. The Morgan fingerprint density at radius 2 is 1.90 bits per heavy atom. The average Bonchev–Trinajstić information content (AvgIpc) is 2.46. The lowest BCUT2D eigenvalue weighted by Crippen LogP contribution is -2.11. The van der Waals surface area contributed by atoms with Gasteiger partial charge < -0.3 is 15.2 Å². The van der Waals surface area contributed by atoms with Gasteiger partial charge in [0.2, 0.25) is 0 Å². The Morgan fingerprint density at radius 3 is 2.45 bits per heavy atom. The highest BCUT2D eigenvalue weighted by molar-refractivity contribution is 5.95. The van der Waals surface area contributed by atoms with E-state index in [1.807, 2.05) is 24.3 Å². The summed E-state index contributed by atoms with van der Waals surface area (Å²) >= 11 is 0. The van der Waals surface area contributed by atoms with Gasteiger partial charge in [0.25, 0.3) is 0 Å². The molecule has 0 heterocycles. The van der Waals surface area contributed by atoms with Crippen LogP contribution in [0.4, 0.5) is 4.39 Å². The fourth-order valence-corrected chi connectivity index (χ4v) is 1.67. The van der Waals surface area contributed by atoms with Crippen molar-refractivity contribution >= 4 is 5.84 Å². The van der Waals surface area contributed by atoms with Gasteiger partial charge in [0, 0.05) is 5.56 Å². The van der Waals surface area contributed by atoms with Crippen LogP contribution in [0.3, 0.4) is 0 Å². The first-order valence-electron chi connectivity index (χ1n) is 6.00. The minimum atomic E-state index is -0.536. The van der Waals surface area contributed by atoms with Gasteiger partial charge in [0.15, 0.2) is 11.6 Å². The first-order chi connectivity index (χ1) is 9.60. The van der Waals surface area contributed by atoms with E-state index in [1.165, 1.54) is 12.1 Å². The number of nitrogens with two attached hydrogens (primary N) is 1. The van der Waals surface area contributed by atoms with Gasteiger partial charge in [-0.05, 0) is 35.9 Å². The first-order valence-corrected chi connectivity index (χ1v) is 6.00. The number of rotatable bonds is 5. The Balaban J connectivity index is 2.04. The number of hydrogen-bond acceptors (Lipinski definition) is 3. The number of nitrogen functional groups attached to an aromatic ring is 1. The molecule has 0 aliphatic rings. The predicted octanol–water partition coefficient (Wildman–Crippen LogP) is 2.70. The molecule has 0 atom stereocenters. The highest BCUT2D eigenvalue weighted by Crippen LogP contribution is 2.20. The van der Waals surface area contributed by atoms with Gasteiger partial charge in [-0.3, -0.25) is 5.41 Å². The van der Waals surface area contributed by atoms with Crippen LogP contribution in [-0.2, 0) is 6.61 Å². The number of benzene rings is 2. The molecular weight excluding hydrogens is 259 g/mol. The van der Waals surface area contributed by atoms with E-state index >= 15 is 0 Å². The van der Waals surface area contributed by atoms with Gasteiger partial charge in [-0.15, -0.1) is 0 Å². The SMILES string of the molecule is COc1ccc(COc2ccc(C(=N)N)cc2F)cc1. The van der Waals surface area contributed by atoms with E-state index < -0.39 is 5.82 Å². The molecule has 0 unspecified atom stereocenters. The summed E-state index contributed by atoms with van der Waals surface area (Å²) in [5.41, 5.74) is 6.53. The van der Waals surface area contributed by atoms with Crippen LogP contribution in [0.1, 0.15) is 11.1 Å². The topological polar surface area (TPSA) is 68.3 Å². The van der Waals surface area contributed by atoms with Gasteiger partial charge in [-0.1, -0.05) is 12.1 Å². The Labute approximate surface area is 116 Å². The number of ether oxygens (including phenoxy) is 2. The fraction of sp³-hybridized carbons (Fsp3) is 0.133. The third kappa shape index (κ3) is 3.26. The summed E-state index contributed by atoms with van der Waals surface area (Å²) < 4.78 is 24.2. The van der Waals surface area contributed by atoms with Crippen LogP contribution in [0, 0.1) is 11.2 Å². The number of halogens is 1. The molecule has 104 valence electrons. The smallest absolute Gasteiger partial charge is 0.165 e. The molecule has 0 saturated carbocycles. The molecule has 0 bridgehead atoms. The maximum atomic E-state index is 13.7. The summed E-state index contributed by atoms with van der Waals surface area (Å²) in [7, 11) is 1.59. The molecule has 2 aromatic carbocycles. The van der Waals surface area contributed by atoms with Crippen molar-refractivity contribution in [2.75, 3.05) is 7.11 Å². The van der Waals surface area contributed by atoms with Crippen molar-refractivity contribution < 1.29 is 13.9 Å². The van der Waals surface area contributed by atoms with Gasteiger partial charge in [-0.2, -0.15) is 0 Å². The highest BCUT2D eigenvalue weighted by Gasteiger charge is 2.06. The van der Waals surface area contributed by atoms with Crippen molar-refractivity contribution in [2.45, 2.75) is 6.61 Å². The number of amidine groups is 1. The summed E-state index contributed by atoms with van der Waals surface area (Å²) in [4.78, 5) is 0. The lowest BCUT2D eigenvalue weighted by atomic mass is 10.2. The summed E-state index contributed by atoms with van der Waals surface area (Å²) in [5.74, 6) is 0.174. The minimum Gasteiger partial charge on any atom is -0.497 e. The second-order valence-corrected chi connectivity index (χ2v) is 4.20. The first kappa shape index (κ1) is 13.9. The molecule has 0 aromatic heterocycles. The third-order valence-electron chi connectivity index (χ3n) is 2.80. The van der Waals surface area contributed by atoms with Crippen LogP contribution in [0.2, 0.25) is 0 Å². The van der Waals surface area contributed by atoms with E-state index in [0.29, 0.717) is 5.56 Å². The minimum absolute atomic E-state index is 0.130. The zero-order chi connectivity index (χ0) is 14.5. The zero-order valence-electron chi connectivity index (χ0n) is 11.0. The van der Waals surface area contributed by atoms with E-state index in [0.717, 1.165) is 11.3 Å². The molecule has 2 rings (SSSR count). The molecule has 2 aromatic rings. The Kier molecular flexibility index (Phi) is 4.20. The van der Waals surface area contributed by atoms with Crippen molar-refractivity contribution in [1.29, 1.82) is 5.41 Å². The molecule has 0 amide bonds. The quantitative estimate of drug-likeness (QED) is 0.650. The van der Waals surface area contributed by atoms with E-state index in [9.17, 15) is 4.39 Å². The van der Waals surface area contributed by atoms with Crippen molar-refractivity contribution in [2.24, 2.45) is 5.73 Å². The normalized spacial score (nSPS) is 10.1. The molecule has 20 heavy (non-hydrogen) atoms. The molecule has 0 spiro atoms. The molecule has 0 aliphatic heterocycles. The van der Waals surface area contributed by atoms with Crippen LogP contribution >= 0.6 is 0 Å². The number of hydrogen-bond donors (Lipinski definition) is 2. The van der Waals surface area contributed by atoms with E-state index in [2.05, 4.69) is 0 Å². The monoisotopic (exact) mass is 274 g/mol. The largest absolute Gasteiger partial charge is 0.497 e. The molecule has 3 N–H and O–H groups in total. The van der Waals surface area contributed by atoms with Crippen LogP contribution in [0.15, 0.2) is 42.5 Å². The number of nitrogens with one attached hydrogen (secondary N) is 1. The molecule has 0 fully saturated rings. The van der Waals surface area contributed by atoms with Crippen LogP contribution in [0.5, 0.6) is 11.5 Å². The van der Waals surface area contributed by atoms with E-state index in [1.54, 1.807) is 13.2 Å². The molecule has 5 heteroatoms. The standard InChI is InChI=1S/C15H15FN2O2/c1-19-12-5-2-10(3-6-12)9-20-14-7-4-11(15(17)18)8-13(14)16/h2-8H,9H2,1H3,(H3,17,18). The van der Waals surface area contributed by atoms with Gasteiger partial charge in [0.05, 0.1) is 7.11 Å². The number of methoxy groups -OCH3 is 1. The predicted molar refractivity (Wildman–Crippen MR) is 74.7 cm³/mol. The van der Waals surface area contributed by atoms with Crippen LogP contribution < -0.4 is 15.2 Å². The van der Waals surface area contributed by atoms with Gasteiger partial charge >= 0.3 is 0 Å². The molecule has 0 aliphatic carbocycles. The van der Waals surface area contributed by atoms with Gasteiger partial charge in [0.1, 0.15) is 18.2 Å². The maximum absolute atomic E-state index is 13.7. The highest BCUT2D eigenvalue weighted by atomic mass is 19.1. The molecule has 0 saturated heterocycles. The maximum Gasteiger partial charge on any atom is 0.165 e. The van der Waals surface area contributed by atoms with Gasteiger partial charge in [-0.25, -0.2) is 4.39 Å². The van der Waals surface area contributed by atoms with Crippen molar-refractivity contribution in [3.63, 3.8) is 0 Å². The average molecular weight is 274 g/mol. The zero-order valence-corrected chi connectivity index (χ0v) is 11.0. The lowest BCUT2D eigenvalue weighted by molar-refractivity contribution is 0.290. The van der Waals surface area contributed by atoms with Crippen molar-refractivity contribution in [3.05, 3.63) is 59.4 Å². The van der Waals surface area contributed by atoms with Crippen LogP contribution in [0.25, 0.3) is 0 Å². The van der Waals surface area contributed by atoms with Crippen molar-refractivity contribution in [1.82, 2.24) is 0 Å². The third-order valence-corrected chi connectivity index (χ3v) is 2.80. The Bertz CT molecular complexity index is 612. The van der Waals surface area contributed by atoms with Crippen LogP contribution in [-0.4, -0.2) is 12.9 Å². The Morgan fingerprint density at radius 1 is 1.20 bits per heavy atom.